The summed E-state index contributed by atoms with van der Waals surface area (Å²) in [6.45, 7) is 4.22. The quantitative estimate of drug-likeness (QED) is 0.291. The normalized spacial score (nSPS) is 29.6. The van der Waals surface area contributed by atoms with Crippen molar-refractivity contribution in [1.29, 1.82) is 0 Å². The molecular formula is C20H18BrNO7. The van der Waals surface area contributed by atoms with Crippen molar-refractivity contribution in [1.82, 2.24) is 0 Å². The van der Waals surface area contributed by atoms with Crippen molar-refractivity contribution >= 4 is 45.4 Å². The van der Waals surface area contributed by atoms with Crippen molar-refractivity contribution in [2.24, 2.45) is 11.8 Å². The molecule has 9 heteroatoms. The SMILES string of the molecule is CC(=O)OC(OC(C)=O)[C@@]12C=C[C@H](O1)[C@@H]1C(=O)N(c3ccc(C)c(Br)c3)C(=O)[C@H]12. The molecule has 0 saturated carbocycles. The Morgan fingerprint density at radius 1 is 1.17 bits per heavy atom. The maximum Gasteiger partial charge on any atom is 0.305 e. The average Bonchev–Trinajstić information content (AvgIpc) is 3.28. The summed E-state index contributed by atoms with van der Waals surface area (Å²) in [6.07, 6.45) is 1.04. The maximum atomic E-state index is 13.4. The van der Waals surface area contributed by atoms with Crippen LogP contribution in [-0.2, 0) is 33.4 Å². The zero-order chi connectivity index (χ0) is 21.1. The molecule has 1 aromatic rings. The number of anilines is 1. The number of amides is 2. The number of benzene rings is 1. The predicted molar refractivity (Wildman–Crippen MR) is 102 cm³/mol. The fourth-order valence-corrected chi connectivity index (χ4v) is 4.56. The largest absolute Gasteiger partial charge is 0.422 e. The Morgan fingerprint density at radius 3 is 2.41 bits per heavy atom. The minimum atomic E-state index is -1.55. The highest BCUT2D eigenvalue weighted by molar-refractivity contribution is 9.10. The zero-order valence-electron chi connectivity index (χ0n) is 15.9. The molecule has 0 unspecified atom stereocenters. The Kier molecular flexibility index (Phi) is 4.62. The fourth-order valence-electron chi connectivity index (χ4n) is 4.19. The van der Waals surface area contributed by atoms with E-state index in [2.05, 4.69) is 15.9 Å². The summed E-state index contributed by atoms with van der Waals surface area (Å²) >= 11 is 3.42. The molecule has 4 atom stereocenters. The first-order chi connectivity index (χ1) is 13.7. The fraction of sp³-hybridized carbons (Fsp3) is 0.400. The second-order valence-corrected chi connectivity index (χ2v) is 8.15. The molecule has 0 radical (unpaired) electrons. The molecule has 0 N–H and O–H groups in total. The number of carbonyl (C=O) groups is 4. The minimum Gasteiger partial charge on any atom is -0.422 e. The van der Waals surface area contributed by atoms with Crippen LogP contribution < -0.4 is 4.90 Å². The second kappa shape index (κ2) is 6.77. The second-order valence-electron chi connectivity index (χ2n) is 7.29. The first-order valence-corrected chi connectivity index (χ1v) is 9.80. The van der Waals surface area contributed by atoms with Crippen LogP contribution in [0, 0.1) is 18.8 Å². The summed E-state index contributed by atoms with van der Waals surface area (Å²) in [5, 5.41) is 0. The molecule has 2 bridgehead atoms. The van der Waals surface area contributed by atoms with E-state index in [1.807, 2.05) is 6.92 Å². The van der Waals surface area contributed by atoms with Crippen molar-refractivity contribution in [3.63, 3.8) is 0 Å². The van der Waals surface area contributed by atoms with Gasteiger partial charge < -0.3 is 14.2 Å². The molecule has 4 rings (SSSR count). The van der Waals surface area contributed by atoms with Gasteiger partial charge in [0.15, 0.2) is 5.60 Å². The number of imide groups is 1. The summed E-state index contributed by atoms with van der Waals surface area (Å²) < 4.78 is 17.0. The third kappa shape index (κ3) is 2.91. The van der Waals surface area contributed by atoms with Crippen LogP contribution in [0.25, 0.3) is 0 Å². The average molecular weight is 464 g/mol. The Morgan fingerprint density at radius 2 is 1.83 bits per heavy atom. The molecule has 3 aliphatic rings. The summed E-state index contributed by atoms with van der Waals surface area (Å²) in [5.41, 5.74) is -0.159. The van der Waals surface area contributed by atoms with Crippen molar-refractivity contribution in [3.05, 3.63) is 40.4 Å². The highest BCUT2D eigenvalue weighted by atomic mass is 79.9. The van der Waals surface area contributed by atoms with Crippen LogP contribution in [-0.4, -0.2) is 41.7 Å². The molecule has 152 valence electrons. The molecule has 1 aromatic carbocycles. The summed E-state index contributed by atoms with van der Waals surface area (Å²) in [4.78, 5) is 50.8. The number of halogens is 1. The van der Waals surface area contributed by atoms with Crippen LogP contribution in [0.4, 0.5) is 5.69 Å². The van der Waals surface area contributed by atoms with E-state index < -0.39 is 53.6 Å². The van der Waals surface area contributed by atoms with Gasteiger partial charge in [0.1, 0.15) is 0 Å². The van der Waals surface area contributed by atoms with E-state index >= 15 is 0 Å². The van der Waals surface area contributed by atoms with Gasteiger partial charge in [-0.05, 0) is 30.7 Å². The van der Waals surface area contributed by atoms with Gasteiger partial charge in [0.2, 0.25) is 11.8 Å². The maximum absolute atomic E-state index is 13.4. The third-order valence-corrected chi connectivity index (χ3v) is 6.26. The van der Waals surface area contributed by atoms with Crippen molar-refractivity contribution < 1.29 is 33.4 Å². The Bertz CT molecular complexity index is 958. The lowest BCUT2D eigenvalue weighted by molar-refractivity contribution is -0.226. The Balaban J connectivity index is 1.75. The van der Waals surface area contributed by atoms with Gasteiger partial charge in [-0.25, -0.2) is 4.90 Å². The van der Waals surface area contributed by atoms with Crippen LogP contribution in [0.3, 0.4) is 0 Å². The lowest BCUT2D eigenvalue weighted by Crippen LogP contribution is -2.52. The molecule has 29 heavy (non-hydrogen) atoms. The van der Waals surface area contributed by atoms with Gasteiger partial charge in [0.05, 0.1) is 23.6 Å². The van der Waals surface area contributed by atoms with E-state index in [9.17, 15) is 19.2 Å². The lowest BCUT2D eigenvalue weighted by Gasteiger charge is -2.34. The summed E-state index contributed by atoms with van der Waals surface area (Å²) in [6, 6.07) is 5.19. The number of fused-ring (bicyclic) bond motifs is 5. The van der Waals surface area contributed by atoms with Crippen LogP contribution in [0.15, 0.2) is 34.8 Å². The lowest BCUT2D eigenvalue weighted by atomic mass is 9.76. The number of esters is 2. The van der Waals surface area contributed by atoms with Crippen molar-refractivity contribution in [3.8, 4) is 0 Å². The number of carbonyl (C=O) groups excluding carboxylic acids is 4. The highest BCUT2D eigenvalue weighted by Crippen LogP contribution is 2.54. The molecule has 2 saturated heterocycles. The molecule has 8 nitrogen and oxygen atoms in total. The van der Waals surface area contributed by atoms with E-state index in [0.717, 1.165) is 28.8 Å². The van der Waals surface area contributed by atoms with Crippen molar-refractivity contribution in [2.75, 3.05) is 4.90 Å². The zero-order valence-corrected chi connectivity index (χ0v) is 17.5. The third-order valence-electron chi connectivity index (χ3n) is 5.41. The first-order valence-electron chi connectivity index (χ1n) is 9.01. The van der Waals surface area contributed by atoms with Crippen LogP contribution in [0.1, 0.15) is 19.4 Å². The van der Waals surface area contributed by atoms with Gasteiger partial charge in [-0.3, -0.25) is 19.2 Å². The number of nitrogens with zero attached hydrogens (tertiary/aromatic N) is 1. The van der Waals surface area contributed by atoms with Gasteiger partial charge in [0, 0.05) is 18.3 Å². The molecule has 3 aliphatic heterocycles. The Hall–Kier alpha value is -2.52. The van der Waals surface area contributed by atoms with E-state index in [4.69, 9.17) is 14.2 Å². The minimum absolute atomic E-state index is 0.406. The summed E-state index contributed by atoms with van der Waals surface area (Å²) in [7, 11) is 0. The number of rotatable bonds is 4. The van der Waals surface area contributed by atoms with Crippen molar-refractivity contribution in [2.45, 2.75) is 38.8 Å². The first kappa shape index (κ1) is 19.8. The smallest absolute Gasteiger partial charge is 0.305 e. The molecule has 3 heterocycles. The Labute approximate surface area is 174 Å². The number of ether oxygens (including phenoxy) is 3. The van der Waals surface area contributed by atoms with E-state index in [1.54, 1.807) is 30.4 Å². The number of hydrogen-bond donors (Lipinski definition) is 0. The van der Waals surface area contributed by atoms with Gasteiger partial charge >= 0.3 is 11.9 Å². The molecular weight excluding hydrogens is 446 g/mol. The summed E-state index contributed by atoms with van der Waals surface area (Å²) in [5.74, 6) is -4.07. The standard InChI is InChI=1S/C20H18BrNO7/c1-9-4-5-12(8-13(9)21)22-17(25)15-14-6-7-20(29-14,16(15)18(22)26)19(27-10(2)23)28-11(3)24/h4-8,14-16,19H,1-3H3/t14-,15-,16-,20-/m0/s1. The number of hydrogen-bond acceptors (Lipinski definition) is 7. The van der Waals surface area contributed by atoms with E-state index in [1.165, 1.54) is 0 Å². The monoisotopic (exact) mass is 463 g/mol. The van der Waals surface area contributed by atoms with E-state index in [0.29, 0.717) is 5.69 Å². The van der Waals surface area contributed by atoms with Gasteiger partial charge in [0.25, 0.3) is 6.29 Å². The van der Waals surface area contributed by atoms with Gasteiger partial charge in [-0.2, -0.15) is 0 Å². The molecule has 0 aromatic heterocycles. The van der Waals surface area contributed by atoms with Gasteiger partial charge in [-0.1, -0.05) is 28.1 Å². The van der Waals surface area contributed by atoms with E-state index in [-0.39, 0.29) is 0 Å². The van der Waals surface area contributed by atoms with Gasteiger partial charge in [-0.15, -0.1) is 0 Å². The molecule has 0 spiro atoms. The van der Waals surface area contributed by atoms with Crippen LogP contribution in [0.2, 0.25) is 0 Å². The number of aryl methyl sites for hydroxylation is 1. The molecule has 2 amide bonds. The van der Waals surface area contributed by atoms with Crippen LogP contribution >= 0.6 is 15.9 Å². The molecule has 2 fully saturated rings. The highest BCUT2D eigenvalue weighted by Gasteiger charge is 2.72. The predicted octanol–water partition coefficient (Wildman–Crippen LogP) is 2.02. The topological polar surface area (TPSA) is 99.2 Å². The molecule has 0 aliphatic carbocycles. The van der Waals surface area contributed by atoms with Crippen LogP contribution in [0.5, 0.6) is 0 Å².